The maximum absolute atomic E-state index is 10.8. The van der Waals surface area contributed by atoms with Crippen LogP contribution < -0.4 is 19.9 Å². The van der Waals surface area contributed by atoms with Crippen molar-refractivity contribution in [2.45, 2.75) is 19.4 Å². The summed E-state index contributed by atoms with van der Waals surface area (Å²) in [7, 11) is 1.47. The predicted molar refractivity (Wildman–Crippen MR) is 118 cm³/mol. The smallest absolute Gasteiger partial charge is 0.269 e. The average molecular weight is 468 g/mol. The number of fused-ring (bicyclic) bond motifs is 1. The molecule has 0 saturated carbocycles. The molecule has 0 bridgehead atoms. The molecule has 1 aromatic heterocycles. The van der Waals surface area contributed by atoms with E-state index in [4.69, 9.17) is 31.5 Å². The Labute approximate surface area is 193 Å². The lowest BCUT2D eigenvalue weighted by Crippen LogP contribution is -2.21. The number of non-ortho nitro benzene ring substituents is 1. The van der Waals surface area contributed by atoms with Gasteiger partial charge in [-0.15, -0.1) is 5.10 Å². The molecule has 0 radical (unpaired) electrons. The van der Waals surface area contributed by atoms with Crippen molar-refractivity contribution in [2.75, 3.05) is 7.11 Å². The fourth-order valence-corrected chi connectivity index (χ4v) is 3.92. The van der Waals surface area contributed by atoms with Crippen molar-refractivity contribution in [2.24, 2.45) is 5.73 Å². The number of H-pyrrole nitrogens is 1. The first-order valence-corrected chi connectivity index (χ1v) is 10.1. The number of nitriles is 1. The molecular weight excluding hydrogens is 450 g/mol. The first-order valence-electron chi connectivity index (χ1n) is 9.70. The van der Waals surface area contributed by atoms with Gasteiger partial charge in [-0.05, 0) is 42.3 Å². The molecule has 33 heavy (non-hydrogen) atoms. The van der Waals surface area contributed by atoms with Crippen LogP contribution >= 0.6 is 11.6 Å². The summed E-state index contributed by atoms with van der Waals surface area (Å²) >= 11 is 6.55. The van der Waals surface area contributed by atoms with Gasteiger partial charge in [0.1, 0.15) is 18.2 Å². The quantitative estimate of drug-likeness (QED) is 0.406. The number of hydrogen-bond acceptors (Lipinski definition) is 8. The van der Waals surface area contributed by atoms with Crippen LogP contribution in [0.1, 0.15) is 28.3 Å². The zero-order valence-corrected chi connectivity index (χ0v) is 18.3. The van der Waals surface area contributed by atoms with Crippen LogP contribution in [-0.2, 0) is 6.61 Å². The van der Waals surface area contributed by atoms with Crippen molar-refractivity contribution < 1.29 is 19.1 Å². The van der Waals surface area contributed by atoms with Gasteiger partial charge in [-0.2, -0.15) is 5.26 Å². The van der Waals surface area contributed by atoms with Crippen molar-refractivity contribution in [1.82, 2.24) is 10.2 Å². The van der Waals surface area contributed by atoms with E-state index >= 15 is 0 Å². The molecule has 0 amide bonds. The molecule has 0 unspecified atom stereocenters. The van der Waals surface area contributed by atoms with Gasteiger partial charge in [0.05, 0.1) is 23.0 Å². The number of nitro benzene ring substituents is 1. The fourth-order valence-electron chi connectivity index (χ4n) is 3.65. The van der Waals surface area contributed by atoms with Crippen LogP contribution in [0.2, 0.25) is 5.02 Å². The Bertz CT molecular complexity index is 1310. The van der Waals surface area contributed by atoms with Gasteiger partial charge in [-0.25, -0.2) is 0 Å². The van der Waals surface area contributed by atoms with Gasteiger partial charge in [0, 0.05) is 23.4 Å². The van der Waals surface area contributed by atoms with Crippen LogP contribution in [-0.4, -0.2) is 22.2 Å². The lowest BCUT2D eigenvalue weighted by molar-refractivity contribution is -0.384. The highest BCUT2D eigenvalue weighted by molar-refractivity contribution is 6.32. The van der Waals surface area contributed by atoms with Crippen molar-refractivity contribution in [1.29, 1.82) is 5.26 Å². The third-order valence-electron chi connectivity index (χ3n) is 5.24. The number of aromatic nitrogens is 2. The molecule has 3 N–H and O–H groups in total. The standard InChI is InChI=1S/C22H18ClN5O5/c1-11-18-19(15(9-24)21(25)33-22(18)27-26-11)13-7-16(23)20(17(8-13)31-2)32-10-12-3-5-14(6-4-12)28(29)30/h3-8,19H,10,25H2,1-2H3,(H,26,27)/t19-/m1/s1. The molecular formula is C22H18ClN5O5. The maximum atomic E-state index is 10.8. The van der Waals surface area contributed by atoms with E-state index in [1.165, 1.54) is 19.2 Å². The van der Waals surface area contributed by atoms with Crippen LogP contribution in [0, 0.1) is 28.4 Å². The summed E-state index contributed by atoms with van der Waals surface area (Å²) in [5.74, 6) is 0.350. The number of methoxy groups -OCH3 is 1. The average Bonchev–Trinajstić information content (AvgIpc) is 3.16. The summed E-state index contributed by atoms with van der Waals surface area (Å²) in [4.78, 5) is 10.4. The lowest BCUT2D eigenvalue weighted by atomic mass is 9.84. The van der Waals surface area contributed by atoms with Crippen LogP contribution in [0.25, 0.3) is 0 Å². The second-order valence-corrected chi connectivity index (χ2v) is 7.65. The molecule has 0 saturated heterocycles. The van der Waals surface area contributed by atoms with Crippen LogP contribution in [0.5, 0.6) is 17.4 Å². The predicted octanol–water partition coefficient (Wildman–Crippen LogP) is 4.09. The van der Waals surface area contributed by atoms with Gasteiger partial charge < -0.3 is 19.9 Å². The third-order valence-corrected chi connectivity index (χ3v) is 5.53. The number of nitrogens with zero attached hydrogens (tertiary/aromatic N) is 3. The highest BCUT2D eigenvalue weighted by atomic mass is 35.5. The molecule has 10 nitrogen and oxygen atoms in total. The largest absolute Gasteiger partial charge is 0.493 e. The minimum Gasteiger partial charge on any atom is -0.493 e. The normalized spacial score (nSPS) is 14.8. The van der Waals surface area contributed by atoms with E-state index in [0.29, 0.717) is 34.1 Å². The number of nitro groups is 1. The molecule has 2 heterocycles. The van der Waals surface area contributed by atoms with E-state index in [9.17, 15) is 15.4 Å². The number of halogens is 1. The summed E-state index contributed by atoms with van der Waals surface area (Å²) in [6.45, 7) is 1.94. The van der Waals surface area contributed by atoms with Crippen molar-refractivity contribution in [3.8, 4) is 23.4 Å². The summed E-state index contributed by atoms with van der Waals surface area (Å²) < 4.78 is 16.9. The molecule has 11 heteroatoms. The van der Waals surface area contributed by atoms with Crippen LogP contribution in [0.4, 0.5) is 5.69 Å². The molecule has 1 atom stereocenters. The summed E-state index contributed by atoms with van der Waals surface area (Å²) in [5.41, 5.74) is 8.96. The molecule has 2 aromatic carbocycles. The third kappa shape index (κ3) is 4.02. The van der Waals surface area contributed by atoms with E-state index < -0.39 is 10.8 Å². The van der Waals surface area contributed by atoms with E-state index in [1.807, 2.05) is 6.92 Å². The second kappa shape index (κ2) is 8.72. The van der Waals surface area contributed by atoms with Crippen molar-refractivity contribution in [3.05, 3.63) is 85.4 Å². The Morgan fingerprint density at radius 3 is 2.73 bits per heavy atom. The molecule has 1 aliphatic rings. The van der Waals surface area contributed by atoms with Gasteiger partial charge in [0.2, 0.25) is 11.8 Å². The lowest BCUT2D eigenvalue weighted by Gasteiger charge is -2.24. The zero-order chi connectivity index (χ0) is 23.7. The number of hydrogen-bond donors (Lipinski definition) is 2. The summed E-state index contributed by atoms with van der Waals surface area (Å²) in [6, 6.07) is 11.5. The van der Waals surface area contributed by atoms with E-state index in [2.05, 4.69) is 16.3 Å². The van der Waals surface area contributed by atoms with Gasteiger partial charge in [-0.3, -0.25) is 15.2 Å². The molecule has 1 aliphatic heterocycles. The van der Waals surface area contributed by atoms with Crippen molar-refractivity contribution >= 4 is 17.3 Å². The molecule has 0 spiro atoms. The first kappa shape index (κ1) is 22.0. The SMILES string of the molecule is COc1cc([C@@H]2C(C#N)=C(N)Oc3n[nH]c(C)c32)cc(Cl)c1OCc1ccc([N+](=O)[O-])cc1. The first-order chi connectivity index (χ1) is 15.8. The molecule has 0 fully saturated rings. The Balaban J connectivity index is 1.69. The molecule has 4 rings (SSSR count). The highest BCUT2D eigenvalue weighted by Gasteiger charge is 2.35. The minimum absolute atomic E-state index is 0.00953. The highest BCUT2D eigenvalue weighted by Crippen LogP contribution is 2.46. The monoisotopic (exact) mass is 467 g/mol. The summed E-state index contributed by atoms with van der Waals surface area (Å²) in [6.07, 6.45) is 0. The van der Waals surface area contributed by atoms with Crippen LogP contribution in [0.3, 0.4) is 0 Å². The fraction of sp³-hybridized carbons (Fsp3) is 0.182. The van der Waals surface area contributed by atoms with E-state index in [0.717, 1.165) is 5.69 Å². The van der Waals surface area contributed by atoms with Gasteiger partial charge in [-0.1, -0.05) is 11.6 Å². The number of benzene rings is 2. The topological polar surface area (TPSA) is 149 Å². The minimum atomic E-state index is -0.562. The van der Waals surface area contributed by atoms with Gasteiger partial charge in [0.15, 0.2) is 11.5 Å². The van der Waals surface area contributed by atoms with Gasteiger partial charge in [0.25, 0.3) is 5.69 Å². The van der Waals surface area contributed by atoms with E-state index in [1.54, 1.807) is 24.3 Å². The number of nitrogens with one attached hydrogen (secondary N) is 1. The second-order valence-electron chi connectivity index (χ2n) is 7.24. The Morgan fingerprint density at radius 2 is 2.09 bits per heavy atom. The van der Waals surface area contributed by atoms with Gasteiger partial charge >= 0.3 is 0 Å². The number of ether oxygens (including phenoxy) is 3. The Hall–Kier alpha value is -4.23. The maximum Gasteiger partial charge on any atom is 0.269 e. The molecule has 168 valence electrons. The zero-order valence-electron chi connectivity index (χ0n) is 17.6. The number of aromatic amines is 1. The van der Waals surface area contributed by atoms with Crippen LogP contribution in [0.15, 0.2) is 47.9 Å². The number of nitrogens with two attached hydrogens (primary N) is 1. The summed E-state index contributed by atoms with van der Waals surface area (Å²) in [5, 5.41) is 27.8. The molecule has 0 aliphatic carbocycles. The van der Waals surface area contributed by atoms with Crippen molar-refractivity contribution in [3.63, 3.8) is 0 Å². The Kier molecular flexibility index (Phi) is 5.81. The number of aryl methyl sites for hydroxylation is 1. The van der Waals surface area contributed by atoms with E-state index in [-0.39, 0.29) is 28.8 Å². The Morgan fingerprint density at radius 1 is 1.36 bits per heavy atom. The molecule has 3 aromatic rings. The number of allylic oxidation sites excluding steroid dienone is 1. The number of rotatable bonds is 6.